The van der Waals surface area contributed by atoms with Crippen molar-refractivity contribution in [2.45, 2.75) is 0 Å². The zero-order valence-corrected chi connectivity index (χ0v) is 11.1. The molecule has 0 unspecified atom stereocenters. The fourth-order valence-corrected chi connectivity index (χ4v) is 55.3. The average molecular weight is 303 g/mol. The van der Waals surface area contributed by atoms with Gasteiger partial charge in [-0.15, -0.1) is 0 Å². The SMILES string of the molecule is C1C[S][Sn]2([S]1)[S]CC[S]2. The van der Waals surface area contributed by atoms with Gasteiger partial charge in [0.15, 0.2) is 0 Å². The van der Waals surface area contributed by atoms with Crippen LogP contribution < -0.4 is 0 Å². The summed E-state index contributed by atoms with van der Waals surface area (Å²) in [6.45, 7) is 0. The van der Waals surface area contributed by atoms with Gasteiger partial charge < -0.3 is 0 Å². The topological polar surface area (TPSA) is 0 Å². The summed E-state index contributed by atoms with van der Waals surface area (Å²) in [5, 5.41) is 0. The van der Waals surface area contributed by atoms with Gasteiger partial charge in [0, 0.05) is 0 Å². The second kappa shape index (κ2) is 3.29. The molecule has 0 aromatic rings. The molecule has 9 heavy (non-hydrogen) atoms. The van der Waals surface area contributed by atoms with E-state index in [2.05, 4.69) is 35.8 Å². The van der Waals surface area contributed by atoms with E-state index < -0.39 is 12.8 Å². The van der Waals surface area contributed by atoms with E-state index in [0.29, 0.717) is 0 Å². The standard InChI is InChI=1S/2C2H6S2.Sn/c2*3-1-2-4;/h2*3-4H,1-2H2;/q;;+4/p-4. The Morgan fingerprint density at radius 2 is 1.00 bits per heavy atom. The van der Waals surface area contributed by atoms with Gasteiger partial charge in [-0.05, 0) is 0 Å². The van der Waals surface area contributed by atoms with Gasteiger partial charge in [0.1, 0.15) is 0 Å². The molecule has 0 aliphatic carbocycles. The minimum absolute atomic E-state index is 1.46. The summed E-state index contributed by atoms with van der Waals surface area (Å²) >= 11 is -1.50. The van der Waals surface area contributed by atoms with Crippen LogP contribution in [0.25, 0.3) is 0 Å². The van der Waals surface area contributed by atoms with E-state index in [1.807, 2.05) is 0 Å². The maximum atomic E-state index is 2.35. The van der Waals surface area contributed by atoms with Gasteiger partial charge in [-0.2, -0.15) is 0 Å². The Hall–Kier alpha value is 2.20. The van der Waals surface area contributed by atoms with Gasteiger partial charge in [0.2, 0.25) is 0 Å². The summed E-state index contributed by atoms with van der Waals surface area (Å²) in [6.07, 6.45) is 0. The molecule has 0 saturated carbocycles. The quantitative estimate of drug-likeness (QED) is 0.630. The van der Waals surface area contributed by atoms with Crippen molar-refractivity contribution in [1.82, 2.24) is 0 Å². The molecule has 0 N–H and O–H groups in total. The first-order valence-electron chi connectivity index (χ1n) is 2.97. The van der Waals surface area contributed by atoms with Crippen LogP contribution in [0.1, 0.15) is 0 Å². The van der Waals surface area contributed by atoms with Crippen molar-refractivity contribution in [3.8, 4) is 0 Å². The number of hydrogen-bond acceptors (Lipinski definition) is 4. The van der Waals surface area contributed by atoms with Gasteiger partial charge in [0.25, 0.3) is 0 Å². The Morgan fingerprint density at radius 3 is 1.33 bits per heavy atom. The molecule has 0 nitrogen and oxygen atoms in total. The van der Waals surface area contributed by atoms with Crippen LogP contribution in [-0.2, 0) is 0 Å². The van der Waals surface area contributed by atoms with E-state index >= 15 is 0 Å². The van der Waals surface area contributed by atoms with Gasteiger partial charge in [-0.1, -0.05) is 0 Å². The van der Waals surface area contributed by atoms with Crippen molar-refractivity contribution in [2.24, 2.45) is 0 Å². The van der Waals surface area contributed by atoms with Crippen LogP contribution in [0.5, 0.6) is 0 Å². The zero-order valence-electron chi connectivity index (χ0n) is 4.96. The molecule has 0 aromatic heterocycles. The van der Waals surface area contributed by atoms with E-state index in [1.165, 1.54) is 23.0 Å². The average Bonchev–Trinajstić information content (AvgIpc) is 2.45. The molecule has 2 aliphatic rings. The zero-order chi connectivity index (χ0) is 6.16. The van der Waals surface area contributed by atoms with Crippen molar-refractivity contribution in [3.63, 3.8) is 0 Å². The molecule has 0 radical (unpaired) electrons. The molecule has 2 fully saturated rings. The molecule has 0 amide bonds. The summed E-state index contributed by atoms with van der Waals surface area (Å²) in [6, 6.07) is 0. The van der Waals surface area contributed by atoms with Gasteiger partial charge >= 0.3 is 71.6 Å². The van der Waals surface area contributed by atoms with Crippen LogP contribution in [0, 0.1) is 0 Å². The summed E-state index contributed by atoms with van der Waals surface area (Å²) in [5.41, 5.74) is 0. The maximum absolute atomic E-state index is 2.35. The first-order chi connectivity index (χ1) is 4.41. The Balaban J connectivity index is 2.04. The Kier molecular flexibility index (Phi) is 2.86. The van der Waals surface area contributed by atoms with Crippen LogP contribution in [0.15, 0.2) is 0 Å². The van der Waals surface area contributed by atoms with Crippen molar-refractivity contribution in [1.29, 1.82) is 0 Å². The van der Waals surface area contributed by atoms with Crippen LogP contribution in [0.2, 0.25) is 0 Å². The van der Waals surface area contributed by atoms with Crippen LogP contribution >= 0.6 is 35.8 Å². The summed E-state index contributed by atoms with van der Waals surface area (Å²) < 4.78 is 0. The van der Waals surface area contributed by atoms with E-state index in [0.717, 1.165) is 0 Å². The molecule has 0 bridgehead atoms. The van der Waals surface area contributed by atoms with Gasteiger partial charge in [-0.25, -0.2) is 0 Å². The first kappa shape index (κ1) is 7.83. The van der Waals surface area contributed by atoms with Crippen molar-refractivity contribution in [2.75, 3.05) is 23.0 Å². The van der Waals surface area contributed by atoms with E-state index in [4.69, 9.17) is 0 Å². The van der Waals surface area contributed by atoms with Crippen molar-refractivity contribution >= 4 is 48.6 Å². The Morgan fingerprint density at radius 1 is 0.667 bits per heavy atom. The monoisotopic (exact) mass is 304 g/mol. The minimum atomic E-state index is -1.50. The summed E-state index contributed by atoms with van der Waals surface area (Å²) in [7, 11) is 9.40. The van der Waals surface area contributed by atoms with E-state index in [-0.39, 0.29) is 0 Å². The fourth-order valence-electron chi connectivity index (χ4n) is 0.917. The molecule has 0 atom stereocenters. The van der Waals surface area contributed by atoms with E-state index in [1.54, 1.807) is 0 Å². The molecular formula is C4H8S4Sn. The molecule has 2 rings (SSSR count). The molecule has 2 saturated heterocycles. The van der Waals surface area contributed by atoms with Gasteiger partial charge in [-0.3, -0.25) is 0 Å². The molecule has 2 aliphatic heterocycles. The molecule has 52 valence electrons. The third-order valence-electron chi connectivity index (χ3n) is 1.28. The van der Waals surface area contributed by atoms with Crippen LogP contribution in [0.3, 0.4) is 0 Å². The van der Waals surface area contributed by atoms with Crippen molar-refractivity contribution < 1.29 is 0 Å². The first-order valence-corrected chi connectivity index (χ1v) is 20.9. The Bertz CT molecular complexity index is 87.6. The third-order valence-corrected chi connectivity index (χ3v) is 52.4. The fraction of sp³-hybridized carbons (Fsp3) is 1.00. The van der Waals surface area contributed by atoms with E-state index in [9.17, 15) is 0 Å². The number of hydrogen-bond donors (Lipinski definition) is 0. The predicted octanol–water partition coefficient (Wildman–Crippen LogP) is 2.38. The number of rotatable bonds is 0. The molecular weight excluding hydrogens is 295 g/mol. The molecule has 0 aromatic carbocycles. The normalized spacial score (nSPS) is 32.0. The van der Waals surface area contributed by atoms with Crippen molar-refractivity contribution in [3.05, 3.63) is 0 Å². The van der Waals surface area contributed by atoms with Gasteiger partial charge in [0.05, 0.1) is 0 Å². The molecule has 1 spiro atoms. The molecule has 5 heteroatoms. The second-order valence-electron chi connectivity index (χ2n) is 1.89. The van der Waals surface area contributed by atoms with Crippen LogP contribution in [0.4, 0.5) is 0 Å². The Labute approximate surface area is 70.7 Å². The second-order valence-corrected chi connectivity index (χ2v) is 44.3. The predicted molar refractivity (Wildman–Crippen MR) is 55.6 cm³/mol. The third kappa shape index (κ3) is 1.68. The summed E-state index contributed by atoms with van der Waals surface area (Å²) in [5.74, 6) is 5.84. The molecule has 2 heterocycles. The van der Waals surface area contributed by atoms with Crippen LogP contribution in [-0.4, -0.2) is 35.9 Å². The summed E-state index contributed by atoms with van der Waals surface area (Å²) in [4.78, 5) is 0.